The molecule has 0 spiro atoms. The third-order valence-electron chi connectivity index (χ3n) is 3.12. The highest BCUT2D eigenvalue weighted by Crippen LogP contribution is 2.28. The number of benzene rings is 1. The fraction of sp³-hybridized carbons (Fsp3) is 0.471. The largest absolute Gasteiger partial charge is 0.508 e. The molecule has 1 atom stereocenters. The van der Waals surface area contributed by atoms with Gasteiger partial charge >= 0.3 is 5.97 Å². The minimum atomic E-state index is -0.530. The molecule has 0 aliphatic rings. The smallest absolute Gasteiger partial charge is 0.317 e. The molecule has 1 aromatic rings. The predicted octanol–water partition coefficient (Wildman–Crippen LogP) is 4.18. The molecule has 20 heavy (non-hydrogen) atoms. The first-order chi connectivity index (χ1) is 9.70. The Balaban J connectivity index is 2.81. The number of esters is 1. The summed E-state index contributed by atoms with van der Waals surface area (Å²) in [5.41, 5.74) is 0.595. The zero-order valence-corrected chi connectivity index (χ0v) is 12.3. The molecular weight excluding hydrogens is 252 g/mol. The van der Waals surface area contributed by atoms with Gasteiger partial charge in [-0.3, -0.25) is 4.79 Å². The number of allylic oxidation sites excluding steroid dienone is 1. The Morgan fingerprint density at radius 2 is 2.05 bits per heavy atom. The summed E-state index contributed by atoms with van der Waals surface area (Å²) in [5, 5.41) is 9.90. The van der Waals surface area contributed by atoms with Crippen LogP contribution in [0.15, 0.2) is 36.4 Å². The Morgan fingerprint density at radius 1 is 1.30 bits per heavy atom. The second kappa shape index (κ2) is 9.18. The summed E-state index contributed by atoms with van der Waals surface area (Å²) in [6, 6.07) is 6.90. The quantitative estimate of drug-likeness (QED) is 0.440. The first-order valence-electron chi connectivity index (χ1n) is 7.31. The fourth-order valence-corrected chi connectivity index (χ4v) is 2.04. The van der Waals surface area contributed by atoms with Crippen LogP contribution in [-0.4, -0.2) is 17.7 Å². The van der Waals surface area contributed by atoms with E-state index < -0.39 is 5.92 Å². The van der Waals surface area contributed by atoms with Crippen LogP contribution in [0.3, 0.4) is 0 Å². The number of unbranched alkanes of at least 4 members (excludes halogenated alkanes) is 3. The summed E-state index contributed by atoms with van der Waals surface area (Å²) in [5.74, 6) is -0.720. The molecular formula is C17H24O3. The second-order valence-corrected chi connectivity index (χ2v) is 4.71. The van der Waals surface area contributed by atoms with Crippen molar-refractivity contribution in [1.82, 2.24) is 0 Å². The summed E-state index contributed by atoms with van der Waals surface area (Å²) in [6.45, 7) is 4.28. The van der Waals surface area contributed by atoms with Crippen molar-refractivity contribution in [2.45, 2.75) is 45.4 Å². The van der Waals surface area contributed by atoms with E-state index in [0.29, 0.717) is 12.2 Å². The normalized spacial score (nSPS) is 12.5. The minimum Gasteiger partial charge on any atom is -0.508 e. The van der Waals surface area contributed by atoms with E-state index in [-0.39, 0.29) is 11.7 Å². The maximum Gasteiger partial charge on any atom is 0.317 e. The van der Waals surface area contributed by atoms with Crippen molar-refractivity contribution in [3.63, 3.8) is 0 Å². The van der Waals surface area contributed by atoms with E-state index in [1.54, 1.807) is 25.1 Å². The van der Waals surface area contributed by atoms with Crippen LogP contribution >= 0.6 is 0 Å². The van der Waals surface area contributed by atoms with Crippen LogP contribution in [0.1, 0.15) is 51.0 Å². The average molecular weight is 276 g/mol. The third kappa shape index (κ3) is 5.08. The number of carbonyl (C=O) groups is 1. The van der Waals surface area contributed by atoms with Crippen LogP contribution in [0.25, 0.3) is 0 Å². The lowest BCUT2D eigenvalue weighted by atomic mass is 9.97. The van der Waals surface area contributed by atoms with Crippen molar-refractivity contribution >= 4 is 5.97 Å². The number of para-hydroxylation sites is 1. The van der Waals surface area contributed by atoms with Gasteiger partial charge in [-0.05, 0) is 25.8 Å². The molecule has 0 fully saturated rings. The van der Waals surface area contributed by atoms with E-state index >= 15 is 0 Å². The first kappa shape index (κ1) is 16.3. The van der Waals surface area contributed by atoms with Crippen LogP contribution in [0.2, 0.25) is 0 Å². The molecule has 0 aliphatic carbocycles. The first-order valence-corrected chi connectivity index (χ1v) is 7.31. The lowest BCUT2D eigenvalue weighted by Crippen LogP contribution is -2.14. The van der Waals surface area contributed by atoms with Crippen molar-refractivity contribution in [3.05, 3.63) is 42.0 Å². The van der Waals surface area contributed by atoms with E-state index in [1.807, 2.05) is 18.2 Å². The number of phenolic OH excluding ortho intramolecular Hbond substituents is 1. The Morgan fingerprint density at radius 3 is 2.70 bits per heavy atom. The maximum atomic E-state index is 12.0. The molecule has 3 nitrogen and oxygen atoms in total. The topological polar surface area (TPSA) is 46.5 Å². The van der Waals surface area contributed by atoms with Crippen molar-refractivity contribution in [2.24, 2.45) is 0 Å². The van der Waals surface area contributed by atoms with Gasteiger partial charge in [-0.1, -0.05) is 50.1 Å². The van der Waals surface area contributed by atoms with Gasteiger partial charge in [0.1, 0.15) is 11.7 Å². The minimum absolute atomic E-state index is 0.128. The van der Waals surface area contributed by atoms with Gasteiger partial charge in [0.05, 0.1) is 6.61 Å². The molecule has 1 N–H and O–H groups in total. The molecule has 0 saturated heterocycles. The van der Waals surface area contributed by atoms with Crippen LogP contribution in [0.5, 0.6) is 5.75 Å². The van der Waals surface area contributed by atoms with Crippen molar-refractivity contribution in [2.75, 3.05) is 6.61 Å². The van der Waals surface area contributed by atoms with Gasteiger partial charge in [0.25, 0.3) is 0 Å². The van der Waals surface area contributed by atoms with E-state index in [2.05, 4.69) is 6.92 Å². The molecule has 1 unspecified atom stereocenters. The lowest BCUT2D eigenvalue weighted by molar-refractivity contribution is -0.143. The Kier molecular flexibility index (Phi) is 7.48. The number of hydrogen-bond donors (Lipinski definition) is 1. The Hall–Kier alpha value is -1.77. The number of hydrogen-bond acceptors (Lipinski definition) is 3. The third-order valence-corrected chi connectivity index (χ3v) is 3.12. The Bertz CT molecular complexity index is 438. The monoisotopic (exact) mass is 276 g/mol. The average Bonchev–Trinajstić information content (AvgIpc) is 2.44. The van der Waals surface area contributed by atoms with Crippen LogP contribution in [0, 0.1) is 0 Å². The van der Waals surface area contributed by atoms with E-state index in [0.717, 1.165) is 12.8 Å². The summed E-state index contributed by atoms with van der Waals surface area (Å²) < 4.78 is 5.09. The number of phenols is 1. The van der Waals surface area contributed by atoms with Crippen LogP contribution in [0.4, 0.5) is 0 Å². The molecule has 0 aliphatic heterocycles. The molecule has 110 valence electrons. The number of rotatable bonds is 8. The van der Waals surface area contributed by atoms with E-state index in [1.165, 1.54) is 12.8 Å². The molecule has 0 heterocycles. The van der Waals surface area contributed by atoms with Gasteiger partial charge in [-0.15, -0.1) is 0 Å². The molecule has 0 radical (unpaired) electrons. The summed E-state index contributed by atoms with van der Waals surface area (Å²) >= 11 is 0. The van der Waals surface area contributed by atoms with Crippen molar-refractivity contribution in [3.8, 4) is 5.75 Å². The molecule has 0 amide bonds. The van der Waals surface area contributed by atoms with Gasteiger partial charge < -0.3 is 9.84 Å². The van der Waals surface area contributed by atoms with Gasteiger partial charge in [-0.25, -0.2) is 0 Å². The summed E-state index contributed by atoms with van der Waals surface area (Å²) in [6.07, 6.45) is 8.26. The maximum absolute atomic E-state index is 12.0. The molecule has 1 aromatic carbocycles. The highest BCUT2D eigenvalue weighted by molar-refractivity contribution is 5.81. The van der Waals surface area contributed by atoms with Crippen molar-refractivity contribution in [1.29, 1.82) is 0 Å². The molecule has 0 aromatic heterocycles. The molecule has 3 heteroatoms. The number of ether oxygens (including phenoxy) is 1. The SMILES string of the molecule is CCCCC/C=C/C(C(=O)OCC)c1ccccc1O. The second-order valence-electron chi connectivity index (χ2n) is 4.71. The summed E-state index contributed by atoms with van der Waals surface area (Å²) in [7, 11) is 0. The highest BCUT2D eigenvalue weighted by Gasteiger charge is 2.21. The van der Waals surface area contributed by atoms with Gasteiger partial charge in [0.2, 0.25) is 0 Å². The van der Waals surface area contributed by atoms with Crippen molar-refractivity contribution < 1.29 is 14.6 Å². The zero-order valence-electron chi connectivity index (χ0n) is 12.3. The van der Waals surface area contributed by atoms with Crippen LogP contribution < -0.4 is 0 Å². The molecule has 0 bridgehead atoms. The van der Waals surface area contributed by atoms with Gasteiger partial charge in [-0.2, -0.15) is 0 Å². The Labute approximate surface area is 121 Å². The zero-order chi connectivity index (χ0) is 14.8. The highest BCUT2D eigenvalue weighted by atomic mass is 16.5. The van der Waals surface area contributed by atoms with Gasteiger partial charge in [0, 0.05) is 5.56 Å². The predicted molar refractivity (Wildman–Crippen MR) is 80.8 cm³/mol. The van der Waals surface area contributed by atoms with Gasteiger partial charge in [0.15, 0.2) is 0 Å². The fourth-order valence-electron chi connectivity index (χ4n) is 2.04. The molecule has 1 rings (SSSR count). The van der Waals surface area contributed by atoms with E-state index in [4.69, 9.17) is 4.74 Å². The van der Waals surface area contributed by atoms with E-state index in [9.17, 15) is 9.90 Å². The number of aromatic hydroxyl groups is 1. The number of carbonyl (C=O) groups excluding carboxylic acids is 1. The standard InChI is InChI=1S/C17H24O3/c1-3-5-6-7-8-12-15(17(19)20-4-2)14-11-9-10-13-16(14)18/h8-13,15,18H,3-7H2,1-2H3/b12-8+. The lowest BCUT2D eigenvalue weighted by Gasteiger charge is -2.13. The molecule has 0 saturated carbocycles. The summed E-state index contributed by atoms with van der Waals surface area (Å²) in [4.78, 5) is 12.0. The van der Waals surface area contributed by atoms with Crippen LogP contribution in [-0.2, 0) is 9.53 Å².